The zero-order valence-electron chi connectivity index (χ0n) is 19.4. The molecule has 0 saturated carbocycles. The molecule has 0 aliphatic rings. The van der Waals surface area contributed by atoms with Gasteiger partial charge < -0.3 is 18.9 Å². The maximum absolute atomic E-state index is 9.08. The Bertz CT molecular complexity index is 332. The summed E-state index contributed by atoms with van der Waals surface area (Å²) < 4.78 is 0.906. The molecule has 0 rings (SSSR count). The SMILES string of the molecule is CCCCCCCCCCCCCCCCCC[N+](C)(C)CCC[Si](O)(O)O. The summed E-state index contributed by atoms with van der Waals surface area (Å²) in [6.45, 7) is 4.31. The fourth-order valence-electron chi connectivity index (χ4n) is 3.94. The van der Waals surface area contributed by atoms with Gasteiger partial charge in [0.15, 0.2) is 0 Å². The third-order valence-corrected chi connectivity index (χ3v) is 6.92. The van der Waals surface area contributed by atoms with Crippen molar-refractivity contribution in [2.75, 3.05) is 27.2 Å². The van der Waals surface area contributed by atoms with Gasteiger partial charge in [0.1, 0.15) is 0 Å². The predicted octanol–water partition coefficient (Wildman–Crippen LogP) is 5.63. The van der Waals surface area contributed by atoms with Crippen molar-refractivity contribution in [1.29, 1.82) is 0 Å². The van der Waals surface area contributed by atoms with E-state index in [9.17, 15) is 0 Å². The highest BCUT2D eigenvalue weighted by Gasteiger charge is 2.27. The van der Waals surface area contributed by atoms with Crippen molar-refractivity contribution in [2.45, 2.75) is 122 Å². The van der Waals surface area contributed by atoms with Crippen LogP contribution in [0.4, 0.5) is 0 Å². The summed E-state index contributed by atoms with van der Waals surface area (Å²) in [6, 6.07) is 0.160. The summed E-state index contributed by atoms with van der Waals surface area (Å²) in [5.74, 6) is 0. The van der Waals surface area contributed by atoms with Crippen molar-refractivity contribution < 1.29 is 18.9 Å². The van der Waals surface area contributed by atoms with Crippen LogP contribution in [0.3, 0.4) is 0 Å². The van der Waals surface area contributed by atoms with Gasteiger partial charge in [-0.2, -0.15) is 0 Å². The lowest BCUT2D eigenvalue weighted by Crippen LogP contribution is -2.43. The van der Waals surface area contributed by atoms with Crippen molar-refractivity contribution in [3.05, 3.63) is 0 Å². The van der Waals surface area contributed by atoms with Crippen molar-refractivity contribution in [2.24, 2.45) is 0 Å². The molecule has 0 spiro atoms. The Morgan fingerprint density at radius 3 is 1.18 bits per heavy atom. The lowest BCUT2D eigenvalue weighted by Gasteiger charge is -2.30. The number of quaternary nitrogens is 1. The standard InChI is InChI=1S/C23H52NO3Si/c1-4-5-6-7-8-9-10-11-12-13-14-15-16-17-18-19-21-24(2,3)22-20-23-28(25,26)27/h25-27H,4-23H2,1-3H3/q+1. The number of hydrogen-bond donors (Lipinski definition) is 3. The van der Waals surface area contributed by atoms with Crippen LogP contribution in [0.2, 0.25) is 6.04 Å². The normalized spacial score (nSPS) is 12.6. The van der Waals surface area contributed by atoms with E-state index in [0.29, 0.717) is 6.42 Å². The van der Waals surface area contributed by atoms with Gasteiger partial charge in [-0.1, -0.05) is 96.8 Å². The number of unbranched alkanes of at least 4 members (excludes halogenated alkanes) is 15. The molecule has 0 unspecified atom stereocenters. The van der Waals surface area contributed by atoms with Crippen LogP contribution in [0.15, 0.2) is 0 Å². The molecule has 0 radical (unpaired) electrons. The minimum atomic E-state index is -3.84. The molecule has 0 atom stereocenters. The highest BCUT2D eigenvalue weighted by atomic mass is 28.4. The van der Waals surface area contributed by atoms with Crippen molar-refractivity contribution in [3.8, 4) is 0 Å². The fraction of sp³-hybridized carbons (Fsp3) is 1.00. The van der Waals surface area contributed by atoms with Gasteiger partial charge in [0, 0.05) is 12.5 Å². The number of hydrogen-bond acceptors (Lipinski definition) is 3. The number of rotatable bonds is 21. The average Bonchev–Trinajstić information content (AvgIpc) is 2.60. The van der Waals surface area contributed by atoms with Crippen LogP contribution < -0.4 is 0 Å². The molecule has 5 heteroatoms. The molecule has 3 N–H and O–H groups in total. The second kappa shape index (κ2) is 17.9. The predicted molar refractivity (Wildman–Crippen MR) is 123 cm³/mol. The number of nitrogens with zero attached hydrogens (tertiary/aromatic N) is 1. The highest BCUT2D eigenvalue weighted by Crippen LogP contribution is 2.14. The van der Waals surface area contributed by atoms with Gasteiger partial charge in [0.2, 0.25) is 0 Å². The van der Waals surface area contributed by atoms with E-state index < -0.39 is 8.80 Å². The van der Waals surface area contributed by atoms with E-state index >= 15 is 0 Å². The molecular formula is C23H52NO3Si+. The van der Waals surface area contributed by atoms with Gasteiger partial charge in [-0.05, 0) is 12.8 Å². The summed E-state index contributed by atoms with van der Waals surface area (Å²) in [4.78, 5) is 27.2. The van der Waals surface area contributed by atoms with Gasteiger partial charge in [0.05, 0.1) is 27.2 Å². The molecule has 0 aromatic heterocycles. The second-order valence-electron chi connectivity index (χ2n) is 9.56. The summed E-state index contributed by atoms with van der Waals surface area (Å²) in [7, 11) is 0.547. The van der Waals surface area contributed by atoms with Crippen LogP contribution in [0.1, 0.15) is 116 Å². The molecule has 170 valence electrons. The fourth-order valence-corrected chi connectivity index (χ4v) is 4.58. The lowest BCUT2D eigenvalue weighted by atomic mass is 10.0. The van der Waals surface area contributed by atoms with Gasteiger partial charge >= 0.3 is 8.80 Å². The molecule has 0 aliphatic carbocycles. The quantitative estimate of drug-likeness (QED) is 0.129. The summed E-state index contributed by atoms with van der Waals surface area (Å²) >= 11 is 0. The van der Waals surface area contributed by atoms with Crippen LogP contribution in [0.25, 0.3) is 0 Å². The topological polar surface area (TPSA) is 60.7 Å². The first kappa shape index (κ1) is 28.1. The largest absolute Gasteiger partial charge is 0.492 e. The third-order valence-electron chi connectivity index (χ3n) is 5.89. The van der Waals surface area contributed by atoms with Gasteiger partial charge in [0.25, 0.3) is 0 Å². The maximum atomic E-state index is 9.08. The molecular weight excluding hydrogens is 366 g/mol. The summed E-state index contributed by atoms with van der Waals surface area (Å²) in [5, 5.41) is 0. The first-order chi connectivity index (χ1) is 13.3. The van der Waals surface area contributed by atoms with E-state index in [4.69, 9.17) is 14.4 Å². The van der Waals surface area contributed by atoms with E-state index in [1.165, 1.54) is 103 Å². The van der Waals surface area contributed by atoms with E-state index in [1.807, 2.05) is 0 Å². The Labute approximate surface area is 177 Å². The minimum absolute atomic E-state index is 0.160. The van der Waals surface area contributed by atoms with Crippen LogP contribution in [0.5, 0.6) is 0 Å². The Morgan fingerprint density at radius 1 is 0.500 bits per heavy atom. The van der Waals surface area contributed by atoms with E-state index in [1.54, 1.807) is 0 Å². The highest BCUT2D eigenvalue weighted by molar-refractivity contribution is 6.56. The molecule has 0 saturated heterocycles. The van der Waals surface area contributed by atoms with Gasteiger partial charge in [-0.25, -0.2) is 0 Å². The van der Waals surface area contributed by atoms with Crippen LogP contribution in [0, 0.1) is 0 Å². The Balaban J connectivity index is 3.28. The molecule has 0 aromatic rings. The van der Waals surface area contributed by atoms with Crippen molar-refractivity contribution >= 4 is 8.80 Å². The van der Waals surface area contributed by atoms with Gasteiger partial charge in [-0.15, -0.1) is 0 Å². The lowest BCUT2D eigenvalue weighted by molar-refractivity contribution is -0.890. The first-order valence-electron chi connectivity index (χ1n) is 12.3. The summed E-state index contributed by atoms with van der Waals surface area (Å²) in [5.41, 5.74) is 0. The Hall–Kier alpha value is 0.0569. The Morgan fingerprint density at radius 2 is 0.821 bits per heavy atom. The van der Waals surface area contributed by atoms with Gasteiger partial charge in [-0.3, -0.25) is 0 Å². The molecule has 0 aromatic carbocycles. The van der Waals surface area contributed by atoms with E-state index in [-0.39, 0.29) is 6.04 Å². The summed E-state index contributed by atoms with van der Waals surface area (Å²) in [6.07, 6.45) is 23.0. The van der Waals surface area contributed by atoms with Crippen LogP contribution in [-0.2, 0) is 0 Å². The monoisotopic (exact) mass is 418 g/mol. The van der Waals surface area contributed by atoms with E-state index in [0.717, 1.165) is 17.6 Å². The molecule has 4 nitrogen and oxygen atoms in total. The average molecular weight is 419 g/mol. The first-order valence-corrected chi connectivity index (χ1v) is 14.3. The van der Waals surface area contributed by atoms with Crippen molar-refractivity contribution in [3.63, 3.8) is 0 Å². The molecule has 0 amide bonds. The van der Waals surface area contributed by atoms with Crippen molar-refractivity contribution in [1.82, 2.24) is 0 Å². The molecule has 0 fully saturated rings. The minimum Gasteiger partial charge on any atom is -0.390 e. The third kappa shape index (κ3) is 22.3. The zero-order valence-corrected chi connectivity index (χ0v) is 20.4. The van der Waals surface area contributed by atoms with Crippen LogP contribution >= 0.6 is 0 Å². The Kier molecular flexibility index (Phi) is 17.9. The molecule has 0 bridgehead atoms. The molecule has 0 aliphatic heterocycles. The molecule has 0 heterocycles. The van der Waals surface area contributed by atoms with E-state index in [2.05, 4.69) is 21.0 Å². The second-order valence-corrected chi connectivity index (χ2v) is 11.6. The molecule has 28 heavy (non-hydrogen) atoms. The zero-order chi connectivity index (χ0) is 21.1. The maximum Gasteiger partial charge on any atom is 0.492 e. The van der Waals surface area contributed by atoms with Crippen LogP contribution in [-0.4, -0.2) is 54.9 Å². The smallest absolute Gasteiger partial charge is 0.390 e.